The second-order valence-electron chi connectivity index (χ2n) is 5.60. The first kappa shape index (κ1) is 14.9. The van der Waals surface area contributed by atoms with E-state index >= 15 is 0 Å². The molecule has 2 aromatic rings. The Kier molecular flexibility index (Phi) is 4.59. The number of piperazine rings is 1. The summed E-state index contributed by atoms with van der Waals surface area (Å²) in [5.74, 6) is 0. The Hall–Kier alpha value is -2.07. The first-order valence-corrected chi connectivity index (χ1v) is 7.88. The van der Waals surface area contributed by atoms with Crippen molar-refractivity contribution in [1.82, 2.24) is 9.80 Å². The van der Waals surface area contributed by atoms with Crippen LogP contribution in [0.4, 0.5) is 4.79 Å². The average molecular weight is 298 g/mol. The summed E-state index contributed by atoms with van der Waals surface area (Å²) < 4.78 is 5.06. The normalized spacial score (nSPS) is 16.0. The van der Waals surface area contributed by atoms with Gasteiger partial charge in [0.25, 0.3) is 0 Å². The molecule has 0 radical (unpaired) electrons. The van der Waals surface area contributed by atoms with Gasteiger partial charge in [-0.05, 0) is 23.3 Å². The average Bonchev–Trinajstić information content (AvgIpc) is 2.56. The van der Waals surface area contributed by atoms with Gasteiger partial charge in [-0.3, -0.25) is 4.90 Å². The molecule has 0 unspecified atom stereocenters. The van der Waals surface area contributed by atoms with Crippen LogP contribution < -0.4 is 0 Å². The molecule has 4 nitrogen and oxygen atoms in total. The predicted molar refractivity (Wildman–Crippen MR) is 87.8 cm³/mol. The van der Waals surface area contributed by atoms with Gasteiger partial charge < -0.3 is 9.64 Å². The Morgan fingerprint density at radius 2 is 1.77 bits per heavy atom. The van der Waals surface area contributed by atoms with Crippen molar-refractivity contribution in [2.45, 2.75) is 13.5 Å². The molecule has 1 amide bonds. The molecule has 1 aliphatic rings. The minimum atomic E-state index is -0.188. The Bertz CT molecular complexity index is 643. The monoisotopic (exact) mass is 298 g/mol. The Labute approximate surface area is 131 Å². The summed E-state index contributed by atoms with van der Waals surface area (Å²) in [4.78, 5) is 15.9. The zero-order valence-electron chi connectivity index (χ0n) is 13.0. The van der Waals surface area contributed by atoms with Crippen LogP contribution in [-0.2, 0) is 11.3 Å². The third-order valence-electron chi connectivity index (χ3n) is 4.17. The highest BCUT2D eigenvalue weighted by atomic mass is 16.6. The van der Waals surface area contributed by atoms with E-state index in [1.54, 1.807) is 4.90 Å². The van der Waals surface area contributed by atoms with E-state index in [0.717, 1.165) is 32.7 Å². The third-order valence-corrected chi connectivity index (χ3v) is 4.17. The number of fused-ring (bicyclic) bond motifs is 1. The Morgan fingerprint density at radius 1 is 1.05 bits per heavy atom. The standard InChI is InChI=1S/C18H22N2O2/c1-2-22-18(21)20-12-10-19(11-13-20)14-16-8-5-7-15-6-3-4-9-17(15)16/h3-9H,2,10-14H2,1H3. The van der Waals surface area contributed by atoms with Gasteiger partial charge in [-0.1, -0.05) is 42.5 Å². The molecule has 1 saturated heterocycles. The summed E-state index contributed by atoms with van der Waals surface area (Å²) >= 11 is 0. The summed E-state index contributed by atoms with van der Waals surface area (Å²) in [5, 5.41) is 2.60. The molecule has 0 spiro atoms. The molecule has 0 atom stereocenters. The fraction of sp³-hybridized carbons (Fsp3) is 0.389. The van der Waals surface area contributed by atoms with Gasteiger partial charge in [0.2, 0.25) is 0 Å². The molecule has 116 valence electrons. The minimum absolute atomic E-state index is 0.188. The number of carbonyl (C=O) groups excluding carboxylic acids is 1. The van der Waals surface area contributed by atoms with Crippen LogP contribution >= 0.6 is 0 Å². The number of hydrogen-bond acceptors (Lipinski definition) is 3. The van der Waals surface area contributed by atoms with Crippen LogP contribution in [0, 0.1) is 0 Å². The molecule has 0 aliphatic carbocycles. The van der Waals surface area contributed by atoms with Gasteiger partial charge in [-0.15, -0.1) is 0 Å². The minimum Gasteiger partial charge on any atom is -0.450 e. The first-order chi connectivity index (χ1) is 10.8. The van der Waals surface area contributed by atoms with Crippen LogP contribution in [0.1, 0.15) is 12.5 Å². The summed E-state index contributed by atoms with van der Waals surface area (Å²) in [6.07, 6.45) is -0.188. The van der Waals surface area contributed by atoms with Gasteiger partial charge in [0, 0.05) is 32.7 Å². The molecule has 2 aromatic carbocycles. The molecule has 1 heterocycles. The molecule has 1 fully saturated rings. The molecule has 0 aromatic heterocycles. The van der Waals surface area contributed by atoms with Gasteiger partial charge in [0.1, 0.15) is 0 Å². The molecule has 22 heavy (non-hydrogen) atoms. The van der Waals surface area contributed by atoms with Gasteiger partial charge in [0.05, 0.1) is 6.61 Å². The zero-order chi connectivity index (χ0) is 15.4. The highest BCUT2D eigenvalue weighted by Crippen LogP contribution is 2.20. The van der Waals surface area contributed by atoms with Crippen LogP contribution in [0.3, 0.4) is 0 Å². The number of hydrogen-bond donors (Lipinski definition) is 0. The fourth-order valence-corrected chi connectivity index (χ4v) is 2.97. The van der Waals surface area contributed by atoms with E-state index in [1.807, 2.05) is 6.92 Å². The summed E-state index contributed by atoms with van der Waals surface area (Å²) in [5.41, 5.74) is 1.35. The number of nitrogens with zero attached hydrogens (tertiary/aromatic N) is 2. The second-order valence-corrected chi connectivity index (χ2v) is 5.60. The molecular formula is C18H22N2O2. The van der Waals surface area contributed by atoms with Crippen molar-refractivity contribution < 1.29 is 9.53 Å². The quantitative estimate of drug-likeness (QED) is 0.873. The number of rotatable bonds is 3. The van der Waals surface area contributed by atoms with Gasteiger partial charge in [-0.25, -0.2) is 4.79 Å². The van der Waals surface area contributed by atoms with Crippen LogP contribution in [0.25, 0.3) is 10.8 Å². The van der Waals surface area contributed by atoms with Crippen molar-refractivity contribution in [3.8, 4) is 0 Å². The van der Waals surface area contributed by atoms with E-state index in [9.17, 15) is 4.79 Å². The van der Waals surface area contributed by atoms with Crippen molar-refractivity contribution in [1.29, 1.82) is 0 Å². The van der Waals surface area contributed by atoms with Crippen LogP contribution in [0.5, 0.6) is 0 Å². The number of benzene rings is 2. The van der Waals surface area contributed by atoms with Gasteiger partial charge in [-0.2, -0.15) is 0 Å². The molecule has 3 rings (SSSR count). The maximum absolute atomic E-state index is 11.7. The van der Waals surface area contributed by atoms with E-state index in [2.05, 4.69) is 47.4 Å². The van der Waals surface area contributed by atoms with Crippen molar-refractivity contribution >= 4 is 16.9 Å². The van der Waals surface area contributed by atoms with Crippen LogP contribution in [0.2, 0.25) is 0 Å². The molecule has 0 N–H and O–H groups in total. The SMILES string of the molecule is CCOC(=O)N1CCN(Cc2cccc3ccccc23)CC1. The highest BCUT2D eigenvalue weighted by molar-refractivity contribution is 5.85. The molecule has 0 bridgehead atoms. The molecular weight excluding hydrogens is 276 g/mol. The van der Waals surface area contributed by atoms with Gasteiger partial charge >= 0.3 is 6.09 Å². The van der Waals surface area contributed by atoms with E-state index in [4.69, 9.17) is 4.74 Å². The summed E-state index contributed by atoms with van der Waals surface area (Å²) in [6, 6.07) is 15.0. The summed E-state index contributed by atoms with van der Waals surface area (Å²) in [7, 11) is 0. The van der Waals surface area contributed by atoms with E-state index in [0.29, 0.717) is 6.61 Å². The fourth-order valence-electron chi connectivity index (χ4n) is 2.97. The predicted octanol–water partition coefficient (Wildman–Crippen LogP) is 3.11. The smallest absolute Gasteiger partial charge is 0.409 e. The van der Waals surface area contributed by atoms with E-state index in [1.165, 1.54) is 16.3 Å². The lowest BCUT2D eigenvalue weighted by Crippen LogP contribution is -2.48. The number of amides is 1. The third kappa shape index (κ3) is 3.22. The lowest BCUT2D eigenvalue weighted by molar-refractivity contribution is 0.0779. The van der Waals surface area contributed by atoms with Crippen molar-refractivity contribution in [2.75, 3.05) is 32.8 Å². The molecule has 1 aliphatic heterocycles. The molecule has 4 heteroatoms. The lowest BCUT2D eigenvalue weighted by atomic mass is 10.0. The zero-order valence-corrected chi connectivity index (χ0v) is 13.0. The Balaban J connectivity index is 1.64. The maximum Gasteiger partial charge on any atom is 0.409 e. The van der Waals surface area contributed by atoms with E-state index < -0.39 is 0 Å². The topological polar surface area (TPSA) is 32.8 Å². The van der Waals surface area contributed by atoms with Crippen LogP contribution in [0.15, 0.2) is 42.5 Å². The maximum atomic E-state index is 11.7. The molecule has 0 saturated carbocycles. The summed E-state index contributed by atoms with van der Waals surface area (Å²) in [6.45, 7) is 6.47. The van der Waals surface area contributed by atoms with Crippen molar-refractivity contribution in [3.63, 3.8) is 0 Å². The Morgan fingerprint density at radius 3 is 2.55 bits per heavy atom. The highest BCUT2D eigenvalue weighted by Gasteiger charge is 2.22. The first-order valence-electron chi connectivity index (χ1n) is 7.88. The lowest BCUT2D eigenvalue weighted by Gasteiger charge is -2.34. The van der Waals surface area contributed by atoms with E-state index in [-0.39, 0.29) is 6.09 Å². The number of carbonyl (C=O) groups is 1. The van der Waals surface area contributed by atoms with Crippen molar-refractivity contribution in [3.05, 3.63) is 48.0 Å². The van der Waals surface area contributed by atoms with Gasteiger partial charge in [0.15, 0.2) is 0 Å². The van der Waals surface area contributed by atoms with Crippen LogP contribution in [-0.4, -0.2) is 48.7 Å². The number of ether oxygens (including phenoxy) is 1. The van der Waals surface area contributed by atoms with Crippen molar-refractivity contribution in [2.24, 2.45) is 0 Å². The second kappa shape index (κ2) is 6.79. The largest absolute Gasteiger partial charge is 0.450 e.